The van der Waals surface area contributed by atoms with Crippen molar-refractivity contribution in [2.75, 3.05) is 5.32 Å². The predicted octanol–water partition coefficient (Wildman–Crippen LogP) is 4.94. The Hall–Kier alpha value is -2.99. The lowest BCUT2D eigenvalue weighted by Gasteiger charge is -2.09. The van der Waals surface area contributed by atoms with Crippen molar-refractivity contribution < 1.29 is 14.3 Å². The third-order valence-electron chi connectivity index (χ3n) is 4.17. The fourth-order valence-corrected chi connectivity index (χ4v) is 3.75. The van der Waals surface area contributed by atoms with E-state index >= 15 is 0 Å². The van der Waals surface area contributed by atoms with Crippen LogP contribution in [-0.4, -0.2) is 16.7 Å². The zero-order valence-electron chi connectivity index (χ0n) is 15.9. The molecule has 0 saturated heterocycles. The van der Waals surface area contributed by atoms with Gasteiger partial charge in [0.05, 0.1) is 0 Å². The van der Waals surface area contributed by atoms with Gasteiger partial charge in [0, 0.05) is 57.9 Å². The summed E-state index contributed by atoms with van der Waals surface area (Å²) in [7, 11) is 0. The summed E-state index contributed by atoms with van der Waals surface area (Å²) < 4.78 is 5.74. The SMILES string of the molecule is Cc1cc(C(=O)CCC(=O)Nc2cccc(OCc3cccnc3)c2)c(C)s1. The first-order valence-corrected chi connectivity index (χ1v) is 9.85. The number of Topliss-reactive ketones (excluding diaryl/α,β-unsaturated/α-hetero) is 1. The highest BCUT2D eigenvalue weighted by Crippen LogP contribution is 2.23. The van der Waals surface area contributed by atoms with Crippen molar-refractivity contribution in [3.8, 4) is 5.75 Å². The number of anilines is 1. The molecule has 3 aromatic rings. The highest BCUT2D eigenvalue weighted by Gasteiger charge is 2.14. The zero-order valence-corrected chi connectivity index (χ0v) is 16.7. The summed E-state index contributed by atoms with van der Waals surface area (Å²) in [5.41, 5.74) is 2.33. The molecule has 144 valence electrons. The molecule has 0 aliphatic heterocycles. The second kappa shape index (κ2) is 9.28. The van der Waals surface area contributed by atoms with Gasteiger partial charge in [0.25, 0.3) is 0 Å². The third-order valence-corrected chi connectivity index (χ3v) is 5.13. The van der Waals surface area contributed by atoms with E-state index in [1.54, 1.807) is 35.9 Å². The van der Waals surface area contributed by atoms with Crippen LogP contribution in [0.1, 0.15) is 38.5 Å². The molecule has 1 aromatic carbocycles. The molecule has 5 nitrogen and oxygen atoms in total. The number of ether oxygens (including phenoxy) is 1. The number of pyridine rings is 1. The maximum atomic E-state index is 12.3. The highest BCUT2D eigenvalue weighted by atomic mass is 32.1. The number of rotatable bonds is 8. The fourth-order valence-electron chi connectivity index (χ4n) is 2.81. The minimum atomic E-state index is -0.192. The van der Waals surface area contributed by atoms with Gasteiger partial charge in [-0.2, -0.15) is 0 Å². The normalized spacial score (nSPS) is 10.5. The van der Waals surface area contributed by atoms with Crippen LogP contribution in [0.4, 0.5) is 5.69 Å². The maximum Gasteiger partial charge on any atom is 0.224 e. The van der Waals surface area contributed by atoms with Gasteiger partial charge in [0.2, 0.25) is 5.91 Å². The smallest absolute Gasteiger partial charge is 0.224 e. The lowest BCUT2D eigenvalue weighted by Crippen LogP contribution is -2.13. The van der Waals surface area contributed by atoms with Gasteiger partial charge in [-0.3, -0.25) is 14.6 Å². The van der Waals surface area contributed by atoms with Crippen LogP contribution in [0, 0.1) is 13.8 Å². The quantitative estimate of drug-likeness (QED) is 0.550. The summed E-state index contributed by atoms with van der Waals surface area (Å²) in [6, 6.07) is 12.9. The molecule has 0 unspecified atom stereocenters. The lowest BCUT2D eigenvalue weighted by molar-refractivity contribution is -0.116. The molecule has 3 rings (SSSR count). The number of carbonyl (C=O) groups excluding carboxylic acids is 2. The molecule has 0 saturated carbocycles. The molecule has 1 N–H and O–H groups in total. The average molecular weight is 394 g/mol. The van der Waals surface area contributed by atoms with Gasteiger partial charge in [-0.1, -0.05) is 12.1 Å². The molecule has 1 amide bonds. The van der Waals surface area contributed by atoms with E-state index in [2.05, 4.69) is 10.3 Å². The molecule has 28 heavy (non-hydrogen) atoms. The van der Waals surface area contributed by atoms with Crippen LogP contribution in [0.2, 0.25) is 0 Å². The van der Waals surface area contributed by atoms with Crippen molar-refractivity contribution in [1.29, 1.82) is 0 Å². The molecular weight excluding hydrogens is 372 g/mol. The Bertz CT molecular complexity index is 967. The van der Waals surface area contributed by atoms with Crippen LogP contribution >= 0.6 is 11.3 Å². The minimum Gasteiger partial charge on any atom is -0.489 e. The molecule has 0 aliphatic rings. The van der Waals surface area contributed by atoms with Crippen LogP contribution in [0.25, 0.3) is 0 Å². The van der Waals surface area contributed by atoms with Gasteiger partial charge in [-0.05, 0) is 38.1 Å². The number of nitrogens with zero attached hydrogens (tertiary/aromatic N) is 1. The van der Waals surface area contributed by atoms with Crippen molar-refractivity contribution in [2.24, 2.45) is 0 Å². The number of aryl methyl sites for hydroxylation is 2. The van der Waals surface area contributed by atoms with Crippen molar-refractivity contribution >= 4 is 28.7 Å². The number of hydrogen-bond acceptors (Lipinski definition) is 5. The highest BCUT2D eigenvalue weighted by molar-refractivity contribution is 7.12. The fraction of sp³-hybridized carbons (Fsp3) is 0.227. The van der Waals surface area contributed by atoms with E-state index in [1.165, 1.54) is 0 Å². The van der Waals surface area contributed by atoms with Crippen molar-refractivity contribution in [1.82, 2.24) is 4.98 Å². The maximum absolute atomic E-state index is 12.3. The zero-order chi connectivity index (χ0) is 19.9. The van der Waals surface area contributed by atoms with Gasteiger partial charge >= 0.3 is 0 Å². The molecule has 0 fully saturated rings. The van der Waals surface area contributed by atoms with E-state index in [-0.39, 0.29) is 24.5 Å². The van der Waals surface area contributed by atoms with E-state index in [9.17, 15) is 9.59 Å². The molecule has 0 atom stereocenters. The van der Waals surface area contributed by atoms with Gasteiger partial charge in [0.1, 0.15) is 12.4 Å². The van der Waals surface area contributed by atoms with E-state index in [0.29, 0.717) is 18.0 Å². The molecule has 0 spiro atoms. The summed E-state index contributed by atoms with van der Waals surface area (Å²) in [4.78, 5) is 30.7. The topological polar surface area (TPSA) is 68.3 Å². The van der Waals surface area contributed by atoms with Gasteiger partial charge in [0.15, 0.2) is 5.78 Å². The van der Waals surface area contributed by atoms with Gasteiger partial charge in [-0.25, -0.2) is 0 Å². The monoisotopic (exact) mass is 394 g/mol. The molecule has 2 aromatic heterocycles. The number of benzene rings is 1. The Morgan fingerprint density at radius 2 is 1.96 bits per heavy atom. The molecule has 6 heteroatoms. The Morgan fingerprint density at radius 1 is 1.11 bits per heavy atom. The standard InChI is InChI=1S/C22H22N2O3S/c1-15-11-20(16(2)28-15)21(25)8-9-22(26)24-18-6-3-7-19(12-18)27-14-17-5-4-10-23-13-17/h3-7,10-13H,8-9,14H2,1-2H3,(H,24,26). The summed E-state index contributed by atoms with van der Waals surface area (Å²) in [6.45, 7) is 4.31. The van der Waals surface area contributed by atoms with Gasteiger partial charge < -0.3 is 10.1 Å². The van der Waals surface area contributed by atoms with E-state index in [1.807, 2.05) is 44.2 Å². The molecule has 0 radical (unpaired) electrons. The lowest BCUT2D eigenvalue weighted by atomic mass is 10.1. The van der Waals surface area contributed by atoms with Crippen LogP contribution in [0.15, 0.2) is 54.9 Å². The van der Waals surface area contributed by atoms with Crippen molar-refractivity contribution in [3.05, 3.63) is 75.7 Å². The predicted molar refractivity (Wildman–Crippen MR) is 111 cm³/mol. The first-order valence-electron chi connectivity index (χ1n) is 9.03. The molecule has 0 aliphatic carbocycles. The number of thiophene rings is 1. The van der Waals surface area contributed by atoms with Crippen LogP contribution in [0.5, 0.6) is 5.75 Å². The number of aromatic nitrogens is 1. The molecule has 0 bridgehead atoms. The number of amides is 1. The first kappa shape index (κ1) is 19.8. The number of ketones is 1. The second-order valence-electron chi connectivity index (χ2n) is 6.48. The van der Waals surface area contributed by atoms with E-state index < -0.39 is 0 Å². The van der Waals surface area contributed by atoms with E-state index in [0.717, 1.165) is 20.9 Å². The summed E-state index contributed by atoms with van der Waals surface area (Å²) in [6.07, 6.45) is 3.80. The summed E-state index contributed by atoms with van der Waals surface area (Å²) >= 11 is 1.60. The average Bonchev–Trinajstić information content (AvgIpc) is 3.04. The van der Waals surface area contributed by atoms with Crippen LogP contribution in [-0.2, 0) is 11.4 Å². The largest absolute Gasteiger partial charge is 0.489 e. The summed E-state index contributed by atoms with van der Waals surface area (Å²) in [5, 5.41) is 2.83. The Morgan fingerprint density at radius 3 is 2.68 bits per heavy atom. The minimum absolute atomic E-state index is 0.00514. The van der Waals surface area contributed by atoms with E-state index in [4.69, 9.17) is 4.74 Å². The number of hydrogen-bond donors (Lipinski definition) is 1. The second-order valence-corrected chi connectivity index (χ2v) is 7.94. The van der Waals surface area contributed by atoms with Crippen LogP contribution < -0.4 is 10.1 Å². The summed E-state index contributed by atoms with van der Waals surface area (Å²) in [5.74, 6) is 0.468. The Kier molecular flexibility index (Phi) is 6.55. The van der Waals surface area contributed by atoms with Crippen LogP contribution in [0.3, 0.4) is 0 Å². The Balaban J connectivity index is 1.51. The van der Waals surface area contributed by atoms with Crippen molar-refractivity contribution in [3.63, 3.8) is 0 Å². The number of carbonyl (C=O) groups is 2. The van der Waals surface area contributed by atoms with Gasteiger partial charge in [-0.15, -0.1) is 11.3 Å². The molecular formula is C22H22N2O3S. The van der Waals surface area contributed by atoms with Crippen molar-refractivity contribution in [2.45, 2.75) is 33.3 Å². The third kappa shape index (κ3) is 5.50. The molecule has 2 heterocycles. The first-order chi connectivity index (χ1) is 13.5. The number of nitrogens with one attached hydrogen (secondary N) is 1. The Labute approximate surface area is 168 Å².